The van der Waals surface area contributed by atoms with Gasteiger partial charge in [0.25, 0.3) is 5.91 Å². The van der Waals surface area contributed by atoms with Crippen LogP contribution in [0.3, 0.4) is 0 Å². The van der Waals surface area contributed by atoms with Crippen LogP contribution in [0.2, 0.25) is 0 Å². The molecule has 8 nitrogen and oxygen atoms in total. The summed E-state index contributed by atoms with van der Waals surface area (Å²) < 4.78 is 10.9. The van der Waals surface area contributed by atoms with Crippen LogP contribution in [0.1, 0.15) is 17.0 Å². The molecule has 0 radical (unpaired) electrons. The number of benzene rings is 1. The predicted molar refractivity (Wildman–Crippen MR) is 92.0 cm³/mol. The zero-order valence-corrected chi connectivity index (χ0v) is 13.7. The quantitative estimate of drug-likeness (QED) is 0.528. The second-order valence-electron chi connectivity index (χ2n) is 6.02. The van der Waals surface area contributed by atoms with Crippen LogP contribution in [0.25, 0.3) is 10.9 Å². The lowest BCUT2D eigenvalue weighted by Gasteiger charge is -2.15. The maximum atomic E-state index is 12.4. The number of nitro groups is 1. The summed E-state index contributed by atoms with van der Waals surface area (Å²) in [6, 6.07) is 14.0. The number of para-hydroxylation sites is 1. The fraction of sp³-hybridized carbons (Fsp3) is 0.222. The Morgan fingerprint density at radius 1 is 1.23 bits per heavy atom. The van der Waals surface area contributed by atoms with E-state index >= 15 is 0 Å². The number of fused-ring (bicyclic) bond motifs is 1. The molecule has 1 amide bonds. The first kappa shape index (κ1) is 16.1. The molecule has 1 saturated heterocycles. The molecule has 1 aliphatic heterocycles. The van der Waals surface area contributed by atoms with Gasteiger partial charge in [-0.15, -0.1) is 0 Å². The highest BCUT2D eigenvalue weighted by Gasteiger charge is 2.31. The van der Waals surface area contributed by atoms with Gasteiger partial charge in [-0.05, 0) is 18.2 Å². The van der Waals surface area contributed by atoms with Gasteiger partial charge >= 0.3 is 5.88 Å². The molecular weight excluding hydrogens is 338 g/mol. The fourth-order valence-corrected chi connectivity index (χ4v) is 2.99. The van der Waals surface area contributed by atoms with Gasteiger partial charge in [0.15, 0.2) is 5.76 Å². The van der Waals surface area contributed by atoms with Crippen LogP contribution in [-0.4, -0.2) is 39.9 Å². The molecule has 26 heavy (non-hydrogen) atoms. The highest BCUT2D eigenvalue weighted by molar-refractivity contribution is 5.92. The van der Waals surface area contributed by atoms with Crippen molar-refractivity contribution in [1.29, 1.82) is 0 Å². The number of likely N-dealkylation sites (tertiary alicyclic amines) is 1. The van der Waals surface area contributed by atoms with E-state index in [9.17, 15) is 14.9 Å². The highest BCUT2D eigenvalue weighted by Crippen LogP contribution is 2.23. The monoisotopic (exact) mass is 353 g/mol. The first-order valence-electron chi connectivity index (χ1n) is 8.16. The summed E-state index contributed by atoms with van der Waals surface area (Å²) in [6.07, 6.45) is 0.473. The highest BCUT2D eigenvalue weighted by atomic mass is 16.6. The second-order valence-corrected chi connectivity index (χ2v) is 6.02. The number of furan rings is 1. The molecule has 0 N–H and O–H groups in total. The standard InChI is InChI=1S/C18H15N3O5/c22-18(15-6-8-17(26-15)21(23)24)20-10-9-13(11-20)25-16-7-5-12-3-1-2-4-14(12)19-16/h1-8,13H,9-11H2. The topological polar surface area (TPSA) is 98.7 Å². The van der Waals surface area contributed by atoms with E-state index < -0.39 is 10.8 Å². The van der Waals surface area contributed by atoms with Crippen molar-refractivity contribution in [2.75, 3.05) is 13.1 Å². The van der Waals surface area contributed by atoms with Crippen molar-refractivity contribution >= 4 is 22.7 Å². The van der Waals surface area contributed by atoms with Crippen LogP contribution in [0.15, 0.2) is 52.9 Å². The van der Waals surface area contributed by atoms with Crippen LogP contribution in [0, 0.1) is 10.1 Å². The zero-order valence-electron chi connectivity index (χ0n) is 13.7. The summed E-state index contributed by atoms with van der Waals surface area (Å²) in [7, 11) is 0. The molecule has 1 unspecified atom stereocenters. The number of carbonyl (C=O) groups is 1. The number of ether oxygens (including phenoxy) is 1. The van der Waals surface area contributed by atoms with E-state index in [1.165, 1.54) is 12.1 Å². The van der Waals surface area contributed by atoms with Crippen molar-refractivity contribution in [2.45, 2.75) is 12.5 Å². The molecule has 1 aromatic carbocycles. The molecule has 0 aliphatic carbocycles. The molecule has 0 bridgehead atoms. The Morgan fingerprint density at radius 3 is 2.88 bits per heavy atom. The Bertz CT molecular complexity index is 984. The van der Waals surface area contributed by atoms with Gasteiger partial charge in [0.2, 0.25) is 5.88 Å². The van der Waals surface area contributed by atoms with Gasteiger partial charge < -0.3 is 14.1 Å². The van der Waals surface area contributed by atoms with Crippen molar-refractivity contribution in [3.8, 4) is 5.88 Å². The van der Waals surface area contributed by atoms with Crippen molar-refractivity contribution in [3.05, 3.63) is 64.4 Å². The predicted octanol–water partition coefficient (Wildman–Crippen LogP) is 3.03. The minimum Gasteiger partial charge on any atom is -0.472 e. The molecule has 132 valence electrons. The molecule has 4 rings (SSSR count). The van der Waals surface area contributed by atoms with Crippen LogP contribution in [0.5, 0.6) is 5.88 Å². The van der Waals surface area contributed by atoms with Crippen molar-refractivity contribution < 1.29 is 18.9 Å². The van der Waals surface area contributed by atoms with E-state index in [2.05, 4.69) is 4.98 Å². The molecular formula is C18H15N3O5. The van der Waals surface area contributed by atoms with E-state index in [0.29, 0.717) is 25.4 Å². The maximum Gasteiger partial charge on any atom is 0.433 e. The van der Waals surface area contributed by atoms with E-state index in [0.717, 1.165) is 10.9 Å². The van der Waals surface area contributed by atoms with E-state index in [-0.39, 0.29) is 17.8 Å². The largest absolute Gasteiger partial charge is 0.472 e. The summed E-state index contributed by atoms with van der Waals surface area (Å²) in [4.78, 5) is 28.4. The summed E-state index contributed by atoms with van der Waals surface area (Å²) >= 11 is 0. The number of hydrogen-bond acceptors (Lipinski definition) is 6. The number of nitrogens with zero attached hydrogens (tertiary/aromatic N) is 3. The first-order valence-corrected chi connectivity index (χ1v) is 8.16. The third kappa shape index (κ3) is 3.08. The van der Waals surface area contributed by atoms with Crippen LogP contribution >= 0.6 is 0 Å². The Balaban J connectivity index is 1.42. The van der Waals surface area contributed by atoms with Crippen molar-refractivity contribution in [2.24, 2.45) is 0 Å². The number of carbonyl (C=O) groups excluding carboxylic acids is 1. The summed E-state index contributed by atoms with van der Waals surface area (Å²) in [6.45, 7) is 0.868. The van der Waals surface area contributed by atoms with E-state index in [4.69, 9.17) is 9.15 Å². The summed E-state index contributed by atoms with van der Waals surface area (Å²) in [5.74, 6) is -0.353. The third-order valence-electron chi connectivity index (χ3n) is 4.28. The maximum absolute atomic E-state index is 12.4. The van der Waals surface area contributed by atoms with Gasteiger partial charge in [0, 0.05) is 24.4 Å². The van der Waals surface area contributed by atoms with Gasteiger partial charge in [-0.25, -0.2) is 4.98 Å². The van der Waals surface area contributed by atoms with Gasteiger partial charge in [-0.3, -0.25) is 14.9 Å². The number of pyridine rings is 1. The second kappa shape index (κ2) is 6.47. The molecule has 1 aliphatic rings. The van der Waals surface area contributed by atoms with Crippen molar-refractivity contribution in [3.63, 3.8) is 0 Å². The molecule has 3 aromatic rings. The Hall–Kier alpha value is -3.42. The van der Waals surface area contributed by atoms with Gasteiger partial charge in [0.05, 0.1) is 18.1 Å². The van der Waals surface area contributed by atoms with Gasteiger partial charge in [-0.2, -0.15) is 0 Å². The Labute approximate surface area is 148 Å². The average Bonchev–Trinajstić information content (AvgIpc) is 3.31. The van der Waals surface area contributed by atoms with Gasteiger partial charge in [-0.1, -0.05) is 18.2 Å². The fourth-order valence-electron chi connectivity index (χ4n) is 2.99. The normalized spacial score (nSPS) is 16.8. The summed E-state index contributed by atoms with van der Waals surface area (Å²) in [5.41, 5.74) is 0.846. The van der Waals surface area contributed by atoms with Crippen molar-refractivity contribution in [1.82, 2.24) is 9.88 Å². The lowest BCUT2D eigenvalue weighted by molar-refractivity contribution is -0.402. The SMILES string of the molecule is O=C(c1ccc([N+](=O)[O-])o1)N1CCC(Oc2ccc3ccccc3n2)C1. The molecule has 0 spiro atoms. The number of amides is 1. The average molecular weight is 353 g/mol. The molecule has 8 heteroatoms. The van der Waals surface area contributed by atoms with E-state index in [1.807, 2.05) is 36.4 Å². The lowest BCUT2D eigenvalue weighted by atomic mass is 10.2. The summed E-state index contributed by atoms with van der Waals surface area (Å²) in [5, 5.41) is 11.7. The lowest BCUT2D eigenvalue weighted by Crippen LogP contribution is -2.30. The Kier molecular flexibility index (Phi) is 4.00. The first-order chi connectivity index (χ1) is 12.6. The van der Waals surface area contributed by atoms with Crippen LogP contribution in [0.4, 0.5) is 5.88 Å². The molecule has 1 atom stereocenters. The Morgan fingerprint density at radius 2 is 2.08 bits per heavy atom. The number of aromatic nitrogens is 1. The molecule has 0 saturated carbocycles. The van der Waals surface area contributed by atoms with Crippen LogP contribution < -0.4 is 4.74 Å². The molecule has 2 aromatic heterocycles. The zero-order chi connectivity index (χ0) is 18.1. The third-order valence-corrected chi connectivity index (χ3v) is 4.28. The number of hydrogen-bond donors (Lipinski definition) is 0. The smallest absolute Gasteiger partial charge is 0.433 e. The minimum atomic E-state index is -0.669. The molecule has 1 fully saturated rings. The van der Waals surface area contributed by atoms with Gasteiger partial charge in [0.1, 0.15) is 11.0 Å². The number of rotatable bonds is 4. The minimum absolute atomic E-state index is 0.0406. The molecule has 3 heterocycles. The van der Waals surface area contributed by atoms with Crippen LogP contribution in [-0.2, 0) is 0 Å². The van der Waals surface area contributed by atoms with E-state index in [1.54, 1.807) is 4.90 Å².